The second-order valence-electron chi connectivity index (χ2n) is 5.61. The van der Waals surface area contributed by atoms with E-state index in [0.717, 1.165) is 17.8 Å². The van der Waals surface area contributed by atoms with Gasteiger partial charge in [0, 0.05) is 38.4 Å². The van der Waals surface area contributed by atoms with Crippen LogP contribution in [-0.4, -0.2) is 29.0 Å². The van der Waals surface area contributed by atoms with E-state index in [-0.39, 0.29) is 16.7 Å². The summed E-state index contributed by atoms with van der Waals surface area (Å²) in [5, 5.41) is 8.64. The number of nitrogens with one attached hydrogen (secondary N) is 3. The number of carbonyl (C=O) groups excluding carboxylic acids is 1. The Morgan fingerprint density at radius 2 is 2.00 bits per heavy atom. The number of rotatable bonds is 8. The molecule has 146 valence electrons. The molecule has 0 atom stereocenters. The van der Waals surface area contributed by atoms with Crippen LogP contribution in [0.1, 0.15) is 24.5 Å². The molecular weight excluding hydrogens is 383 g/mol. The third kappa shape index (κ3) is 6.69. The number of nitrogens with zero attached hydrogens (tertiary/aromatic N) is 2. The standard InChI is InChI=1S/C17H19ClF3N5O/c1-2-15(27)26-14-7-11(3-4-23-14)9-22-5-6-24-16-13(18)8-12(10-25-16)17(19,20)21/h3-4,7-8,10,22H,2,5-6,9H2,1H3,(H,24,25)(H,23,26,27). The van der Waals surface area contributed by atoms with Crippen molar-refractivity contribution in [2.45, 2.75) is 26.1 Å². The van der Waals surface area contributed by atoms with Gasteiger partial charge in [0.15, 0.2) is 0 Å². The van der Waals surface area contributed by atoms with Crippen LogP contribution in [0.5, 0.6) is 0 Å². The molecule has 0 aliphatic heterocycles. The van der Waals surface area contributed by atoms with Gasteiger partial charge >= 0.3 is 6.18 Å². The summed E-state index contributed by atoms with van der Waals surface area (Å²) in [5.74, 6) is 0.567. The van der Waals surface area contributed by atoms with Gasteiger partial charge in [-0.15, -0.1) is 0 Å². The fraction of sp³-hybridized carbons (Fsp3) is 0.353. The van der Waals surface area contributed by atoms with Crippen molar-refractivity contribution in [2.24, 2.45) is 0 Å². The Morgan fingerprint density at radius 3 is 2.67 bits per heavy atom. The molecule has 3 N–H and O–H groups in total. The van der Waals surface area contributed by atoms with E-state index in [1.165, 1.54) is 0 Å². The molecule has 0 bridgehead atoms. The smallest absolute Gasteiger partial charge is 0.368 e. The van der Waals surface area contributed by atoms with Gasteiger partial charge in [-0.3, -0.25) is 4.79 Å². The third-order valence-electron chi connectivity index (χ3n) is 3.50. The first-order valence-corrected chi connectivity index (χ1v) is 8.59. The molecule has 0 fully saturated rings. The molecule has 0 aliphatic carbocycles. The number of amides is 1. The van der Waals surface area contributed by atoms with E-state index in [2.05, 4.69) is 25.9 Å². The maximum Gasteiger partial charge on any atom is 0.417 e. The van der Waals surface area contributed by atoms with Gasteiger partial charge in [-0.1, -0.05) is 18.5 Å². The Balaban J connectivity index is 1.78. The molecule has 0 spiro atoms. The average Bonchev–Trinajstić information content (AvgIpc) is 2.62. The molecule has 2 aromatic rings. The van der Waals surface area contributed by atoms with Crippen LogP contribution < -0.4 is 16.0 Å². The van der Waals surface area contributed by atoms with Crippen LogP contribution in [-0.2, 0) is 17.5 Å². The highest BCUT2D eigenvalue weighted by atomic mass is 35.5. The van der Waals surface area contributed by atoms with Gasteiger partial charge in [-0.05, 0) is 23.8 Å². The minimum Gasteiger partial charge on any atom is -0.368 e. The minimum absolute atomic E-state index is 0.0877. The third-order valence-corrected chi connectivity index (χ3v) is 3.79. The predicted octanol–water partition coefficient (Wildman–Crippen LogP) is 3.70. The minimum atomic E-state index is -4.48. The molecule has 10 heteroatoms. The lowest BCUT2D eigenvalue weighted by Crippen LogP contribution is -2.22. The van der Waals surface area contributed by atoms with E-state index in [0.29, 0.717) is 31.9 Å². The van der Waals surface area contributed by atoms with Crippen LogP contribution in [0.4, 0.5) is 24.8 Å². The second kappa shape index (κ2) is 9.52. The van der Waals surface area contributed by atoms with Crippen molar-refractivity contribution in [3.8, 4) is 0 Å². The highest BCUT2D eigenvalue weighted by molar-refractivity contribution is 6.32. The Morgan fingerprint density at radius 1 is 1.22 bits per heavy atom. The zero-order valence-corrected chi connectivity index (χ0v) is 15.3. The summed E-state index contributed by atoms with van der Waals surface area (Å²) >= 11 is 5.83. The number of carbonyl (C=O) groups is 1. The Hall–Kier alpha value is -2.39. The molecule has 2 aromatic heterocycles. The van der Waals surface area contributed by atoms with Crippen LogP contribution in [0, 0.1) is 0 Å². The number of anilines is 2. The summed E-state index contributed by atoms with van der Waals surface area (Å²) in [6.07, 6.45) is -1.76. The number of pyridine rings is 2. The summed E-state index contributed by atoms with van der Waals surface area (Å²) in [4.78, 5) is 19.2. The lowest BCUT2D eigenvalue weighted by Gasteiger charge is -2.11. The monoisotopic (exact) mass is 401 g/mol. The van der Waals surface area contributed by atoms with Crippen LogP contribution in [0.25, 0.3) is 0 Å². The molecule has 0 saturated heterocycles. The first-order chi connectivity index (χ1) is 12.8. The summed E-state index contributed by atoms with van der Waals surface area (Å²) < 4.78 is 37.7. The Bertz CT molecular complexity index is 785. The molecule has 0 radical (unpaired) electrons. The largest absolute Gasteiger partial charge is 0.417 e. The highest BCUT2D eigenvalue weighted by Gasteiger charge is 2.31. The average molecular weight is 402 g/mol. The van der Waals surface area contributed by atoms with Gasteiger partial charge in [-0.2, -0.15) is 13.2 Å². The molecular formula is C17H19ClF3N5O. The zero-order chi connectivity index (χ0) is 19.9. The van der Waals surface area contributed by atoms with Crippen molar-refractivity contribution < 1.29 is 18.0 Å². The fourth-order valence-electron chi connectivity index (χ4n) is 2.11. The number of halogens is 4. The summed E-state index contributed by atoms with van der Waals surface area (Å²) in [5.41, 5.74) is 0.0434. The Kier molecular flexibility index (Phi) is 7.37. The van der Waals surface area contributed by atoms with Gasteiger partial charge in [0.1, 0.15) is 11.6 Å². The normalized spacial score (nSPS) is 11.3. The van der Waals surface area contributed by atoms with Gasteiger partial charge in [0.2, 0.25) is 5.91 Å². The summed E-state index contributed by atoms with van der Waals surface area (Å²) in [6, 6.07) is 4.42. The topological polar surface area (TPSA) is 78.9 Å². The quantitative estimate of drug-likeness (QED) is 0.588. The number of hydrogen-bond acceptors (Lipinski definition) is 5. The van der Waals surface area contributed by atoms with Crippen molar-refractivity contribution in [1.82, 2.24) is 15.3 Å². The van der Waals surface area contributed by atoms with Gasteiger partial charge in [-0.25, -0.2) is 9.97 Å². The Labute approximate surface area is 159 Å². The molecule has 6 nitrogen and oxygen atoms in total. The highest BCUT2D eigenvalue weighted by Crippen LogP contribution is 2.32. The number of hydrogen-bond donors (Lipinski definition) is 3. The molecule has 0 aromatic carbocycles. The van der Waals surface area contributed by atoms with Crippen LogP contribution >= 0.6 is 11.6 Å². The van der Waals surface area contributed by atoms with Crippen LogP contribution in [0.3, 0.4) is 0 Å². The summed E-state index contributed by atoms with van der Waals surface area (Å²) in [7, 11) is 0. The van der Waals surface area contributed by atoms with Crippen molar-refractivity contribution in [3.05, 3.63) is 46.7 Å². The zero-order valence-electron chi connectivity index (χ0n) is 14.5. The molecule has 0 aliphatic rings. The molecule has 27 heavy (non-hydrogen) atoms. The van der Waals surface area contributed by atoms with E-state index >= 15 is 0 Å². The SMILES string of the molecule is CCC(=O)Nc1cc(CNCCNc2ncc(C(F)(F)F)cc2Cl)ccn1. The van der Waals surface area contributed by atoms with E-state index in [4.69, 9.17) is 11.6 Å². The van der Waals surface area contributed by atoms with Gasteiger partial charge in [0.25, 0.3) is 0 Å². The van der Waals surface area contributed by atoms with Crippen LogP contribution in [0.15, 0.2) is 30.6 Å². The molecule has 1 amide bonds. The van der Waals surface area contributed by atoms with Crippen molar-refractivity contribution in [1.29, 1.82) is 0 Å². The van der Waals surface area contributed by atoms with Gasteiger partial charge in [0.05, 0.1) is 10.6 Å². The van der Waals surface area contributed by atoms with Crippen molar-refractivity contribution >= 4 is 29.1 Å². The van der Waals surface area contributed by atoms with Crippen molar-refractivity contribution in [3.63, 3.8) is 0 Å². The van der Waals surface area contributed by atoms with Crippen LogP contribution in [0.2, 0.25) is 5.02 Å². The molecule has 2 rings (SSSR count). The van der Waals surface area contributed by atoms with E-state index in [1.54, 1.807) is 19.2 Å². The lowest BCUT2D eigenvalue weighted by atomic mass is 10.2. The molecule has 0 unspecified atom stereocenters. The van der Waals surface area contributed by atoms with Gasteiger partial charge < -0.3 is 16.0 Å². The maximum atomic E-state index is 12.6. The summed E-state index contributed by atoms with van der Waals surface area (Å²) in [6.45, 7) is 3.24. The first-order valence-electron chi connectivity index (χ1n) is 8.21. The van der Waals surface area contributed by atoms with E-state index < -0.39 is 11.7 Å². The van der Waals surface area contributed by atoms with Crippen molar-refractivity contribution in [2.75, 3.05) is 23.7 Å². The predicted molar refractivity (Wildman–Crippen MR) is 97.6 cm³/mol. The number of aromatic nitrogens is 2. The lowest BCUT2D eigenvalue weighted by molar-refractivity contribution is -0.137. The number of alkyl halides is 3. The molecule has 2 heterocycles. The fourth-order valence-corrected chi connectivity index (χ4v) is 2.34. The second-order valence-corrected chi connectivity index (χ2v) is 6.01. The van der Waals surface area contributed by atoms with E-state index in [1.807, 2.05) is 6.07 Å². The van der Waals surface area contributed by atoms with E-state index in [9.17, 15) is 18.0 Å². The first kappa shape index (κ1) is 20.9. The maximum absolute atomic E-state index is 12.6. The molecule has 0 saturated carbocycles.